The standard InChI is InChI=1S/C7H5ClN2.C2H6/c1-5-2-3-10-7(8)6(5)4-9;1-2/h2-3H,1H3;1-2H3. The number of pyridine rings is 1. The molecule has 0 radical (unpaired) electrons. The van der Waals surface area contributed by atoms with Crippen LogP contribution in [0.4, 0.5) is 0 Å². The Bertz CT molecular complexity index is 269. The Kier molecular flexibility index (Phi) is 5.07. The molecule has 1 heterocycles. The Morgan fingerprint density at radius 3 is 2.42 bits per heavy atom. The van der Waals surface area contributed by atoms with Crippen molar-refractivity contribution in [3.63, 3.8) is 0 Å². The Balaban J connectivity index is 0.000000561. The SMILES string of the molecule is CC.Cc1ccnc(Cl)c1C#N. The molecular formula is C9H11ClN2. The summed E-state index contributed by atoms with van der Waals surface area (Å²) in [4.78, 5) is 3.75. The van der Waals surface area contributed by atoms with Crippen LogP contribution < -0.4 is 0 Å². The Morgan fingerprint density at radius 1 is 1.50 bits per heavy atom. The van der Waals surface area contributed by atoms with Gasteiger partial charge in [-0.3, -0.25) is 0 Å². The lowest BCUT2D eigenvalue weighted by Gasteiger charge is -1.95. The largest absolute Gasteiger partial charge is 0.243 e. The maximum Gasteiger partial charge on any atom is 0.147 e. The van der Waals surface area contributed by atoms with E-state index in [1.54, 1.807) is 12.3 Å². The van der Waals surface area contributed by atoms with Crippen LogP contribution >= 0.6 is 11.6 Å². The second-order valence-electron chi connectivity index (χ2n) is 1.91. The average molecular weight is 183 g/mol. The summed E-state index contributed by atoms with van der Waals surface area (Å²) in [5.74, 6) is 0. The summed E-state index contributed by atoms with van der Waals surface area (Å²) in [7, 11) is 0. The van der Waals surface area contributed by atoms with Crippen molar-refractivity contribution in [3.05, 3.63) is 28.5 Å². The highest BCUT2D eigenvalue weighted by molar-refractivity contribution is 6.30. The predicted octanol–water partition coefficient (Wildman–Crippen LogP) is 2.94. The van der Waals surface area contributed by atoms with Gasteiger partial charge in [-0.05, 0) is 18.6 Å². The highest BCUT2D eigenvalue weighted by Crippen LogP contribution is 2.14. The van der Waals surface area contributed by atoms with Gasteiger partial charge >= 0.3 is 0 Å². The van der Waals surface area contributed by atoms with E-state index in [1.807, 2.05) is 26.8 Å². The fraction of sp³-hybridized carbons (Fsp3) is 0.333. The summed E-state index contributed by atoms with van der Waals surface area (Å²) >= 11 is 5.60. The van der Waals surface area contributed by atoms with Crippen molar-refractivity contribution in [2.45, 2.75) is 20.8 Å². The monoisotopic (exact) mass is 182 g/mol. The molecule has 0 bridgehead atoms. The fourth-order valence-electron chi connectivity index (χ4n) is 0.659. The number of hydrogen-bond donors (Lipinski definition) is 0. The van der Waals surface area contributed by atoms with Crippen molar-refractivity contribution in [2.24, 2.45) is 0 Å². The van der Waals surface area contributed by atoms with Crippen LogP contribution in [0.25, 0.3) is 0 Å². The van der Waals surface area contributed by atoms with Crippen molar-refractivity contribution >= 4 is 11.6 Å². The van der Waals surface area contributed by atoms with Crippen LogP contribution in [-0.4, -0.2) is 4.98 Å². The minimum absolute atomic E-state index is 0.280. The minimum Gasteiger partial charge on any atom is -0.243 e. The van der Waals surface area contributed by atoms with E-state index in [0.29, 0.717) is 5.56 Å². The molecule has 1 rings (SSSR count). The van der Waals surface area contributed by atoms with Gasteiger partial charge < -0.3 is 0 Å². The maximum atomic E-state index is 8.52. The first-order valence-corrected chi connectivity index (χ1v) is 4.14. The van der Waals surface area contributed by atoms with Crippen molar-refractivity contribution < 1.29 is 0 Å². The molecule has 0 aliphatic carbocycles. The molecule has 2 nitrogen and oxygen atoms in total. The number of hydrogen-bond acceptors (Lipinski definition) is 2. The molecule has 0 saturated carbocycles. The number of aromatic nitrogens is 1. The number of rotatable bonds is 0. The zero-order valence-electron chi connectivity index (χ0n) is 7.43. The van der Waals surface area contributed by atoms with Crippen LogP contribution in [-0.2, 0) is 0 Å². The lowest BCUT2D eigenvalue weighted by atomic mass is 10.2. The first-order chi connectivity index (χ1) is 5.75. The van der Waals surface area contributed by atoms with Crippen molar-refractivity contribution in [1.82, 2.24) is 4.98 Å². The molecular weight excluding hydrogens is 172 g/mol. The van der Waals surface area contributed by atoms with Gasteiger partial charge in [-0.2, -0.15) is 5.26 Å². The smallest absolute Gasteiger partial charge is 0.147 e. The maximum absolute atomic E-state index is 8.52. The minimum atomic E-state index is 0.280. The molecule has 12 heavy (non-hydrogen) atoms. The molecule has 3 heteroatoms. The summed E-state index contributed by atoms with van der Waals surface area (Å²) < 4.78 is 0. The van der Waals surface area contributed by atoms with Crippen LogP contribution in [0.3, 0.4) is 0 Å². The predicted molar refractivity (Wildman–Crippen MR) is 50.0 cm³/mol. The van der Waals surface area contributed by atoms with E-state index in [-0.39, 0.29) is 5.15 Å². The lowest BCUT2D eigenvalue weighted by molar-refractivity contribution is 1.25. The van der Waals surface area contributed by atoms with E-state index in [0.717, 1.165) is 5.56 Å². The highest BCUT2D eigenvalue weighted by atomic mass is 35.5. The van der Waals surface area contributed by atoms with Gasteiger partial charge in [0.05, 0.1) is 5.56 Å². The van der Waals surface area contributed by atoms with Crippen LogP contribution in [0.15, 0.2) is 12.3 Å². The van der Waals surface area contributed by atoms with E-state index in [4.69, 9.17) is 16.9 Å². The summed E-state index contributed by atoms with van der Waals surface area (Å²) in [6.07, 6.45) is 1.58. The van der Waals surface area contributed by atoms with Crippen LogP contribution in [0.1, 0.15) is 25.0 Å². The number of nitrogens with zero attached hydrogens (tertiary/aromatic N) is 2. The van der Waals surface area contributed by atoms with Gasteiger partial charge in [-0.15, -0.1) is 0 Å². The van der Waals surface area contributed by atoms with Crippen molar-refractivity contribution in [1.29, 1.82) is 5.26 Å². The fourth-order valence-corrected chi connectivity index (χ4v) is 0.907. The Morgan fingerprint density at radius 2 is 2.08 bits per heavy atom. The van der Waals surface area contributed by atoms with E-state index in [1.165, 1.54) is 0 Å². The third-order valence-corrected chi connectivity index (χ3v) is 1.51. The molecule has 64 valence electrons. The molecule has 0 saturated heterocycles. The quantitative estimate of drug-likeness (QED) is 0.579. The average Bonchev–Trinajstić information content (AvgIpc) is 2.08. The molecule has 1 aromatic rings. The molecule has 0 fully saturated rings. The molecule has 0 amide bonds. The third kappa shape index (κ3) is 2.52. The summed E-state index contributed by atoms with van der Waals surface area (Å²) in [6.45, 7) is 5.83. The molecule has 0 spiro atoms. The Labute approximate surface area is 77.8 Å². The molecule has 0 aromatic carbocycles. The van der Waals surface area contributed by atoms with Crippen LogP contribution in [0.5, 0.6) is 0 Å². The molecule has 0 atom stereocenters. The number of halogens is 1. The van der Waals surface area contributed by atoms with Gasteiger partial charge in [0.2, 0.25) is 0 Å². The van der Waals surface area contributed by atoms with Crippen molar-refractivity contribution in [3.8, 4) is 6.07 Å². The Hall–Kier alpha value is -1.07. The summed E-state index contributed by atoms with van der Waals surface area (Å²) in [6, 6.07) is 3.72. The number of aryl methyl sites for hydroxylation is 1. The van der Waals surface area contributed by atoms with Crippen LogP contribution in [0.2, 0.25) is 5.15 Å². The zero-order valence-corrected chi connectivity index (χ0v) is 8.18. The van der Waals surface area contributed by atoms with Gasteiger partial charge in [0, 0.05) is 6.20 Å². The van der Waals surface area contributed by atoms with Crippen LogP contribution in [0, 0.1) is 18.3 Å². The molecule has 0 aliphatic heterocycles. The van der Waals surface area contributed by atoms with E-state index in [9.17, 15) is 0 Å². The van der Waals surface area contributed by atoms with Gasteiger partial charge in [0.1, 0.15) is 11.2 Å². The summed E-state index contributed by atoms with van der Waals surface area (Å²) in [5.41, 5.74) is 1.33. The normalized spacial score (nSPS) is 7.92. The van der Waals surface area contributed by atoms with Crippen molar-refractivity contribution in [2.75, 3.05) is 0 Å². The highest BCUT2D eigenvalue weighted by Gasteiger charge is 2.01. The summed E-state index contributed by atoms with van der Waals surface area (Å²) in [5, 5.41) is 8.80. The second-order valence-corrected chi connectivity index (χ2v) is 2.26. The van der Waals surface area contributed by atoms with E-state index < -0.39 is 0 Å². The van der Waals surface area contributed by atoms with Gasteiger partial charge in [0.25, 0.3) is 0 Å². The molecule has 0 unspecified atom stereocenters. The molecule has 0 N–H and O–H groups in total. The lowest BCUT2D eigenvalue weighted by Crippen LogP contribution is -1.85. The third-order valence-electron chi connectivity index (χ3n) is 1.22. The number of nitriles is 1. The van der Waals surface area contributed by atoms with Gasteiger partial charge in [-0.1, -0.05) is 25.4 Å². The zero-order chi connectivity index (χ0) is 9.56. The topological polar surface area (TPSA) is 36.7 Å². The first kappa shape index (κ1) is 10.9. The second kappa shape index (κ2) is 5.56. The van der Waals surface area contributed by atoms with Gasteiger partial charge in [-0.25, -0.2) is 4.98 Å². The van der Waals surface area contributed by atoms with E-state index >= 15 is 0 Å². The first-order valence-electron chi connectivity index (χ1n) is 3.77. The molecule has 0 aliphatic rings. The van der Waals surface area contributed by atoms with Gasteiger partial charge in [0.15, 0.2) is 0 Å². The molecule has 1 aromatic heterocycles. The van der Waals surface area contributed by atoms with E-state index in [2.05, 4.69) is 4.98 Å².